The molecule has 0 aliphatic carbocycles. The zero-order valence-electron chi connectivity index (χ0n) is 18.2. The molecule has 0 saturated heterocycles. The third kappa shape index (κ3) is 6.19. The van der Waals surface area contributed by atoms with Crippen LogP contribution in [0, 0.1) is 6.92 Å². The van der Waals surface area contributed by atoms with Crippen molar-refractivity contribution in [1.82, 2.24) is 15.6 Å². The van der Waals surface area contributed by atoms with E-state index in [-0.39, 0.29) is 18.0 Å². The van der Waals surface area contributed by atoms with E-state index in [9.17, 15) is 8.78 Å². The standard InChI is InChI=1S/C23H26F2N4O3/c1-4-30-18-7-5-6-17(21(18)32-22(24)25)12-28-23(26-3)29-14-20-27-13-19(31-20)16-10-8-15(2)9-11-16/h5-11,13,22H,4,12,14H2,1-3H3,(H2,26,28,29). The number of alkyl halides is 2. The Kier molecular flexibility index (Phi) is 8.02. The van der Waals surface area contributed by atoms with Crippen molar-refractivity contribution in [3.8, 4) is 22.8 Å². The largest absolute Gasteiger partial charge is 0.490 e. The summed E-state index contributed by atoms with van der Waals surface area (Å²) >= 11 is 0. The SMILES string of the molecule is CCOc1cccc(CNC(=NC)NCc2ncc(-c3ccc(C)cc3)o2)c1OC(F)F. The fourth-order valence-corrected chi connectivity index (χ4v) is 2.99. The fourth-order valence-electron chi connectivity index (χ4n) is 2.99. The highest BCUT2D eigenvalue weighted by Gasteiger charge is 2.16. The van der Waals surface area contributed by atoms with Crippen LogP contribution >= 0.6 is 0 Å². The van der Waals surface area contributed by atoms with E-state index in [1.165, 1.54) is 5.56 Å². The Labute approximate surface area is 185 Å². The van der Waals surface area contributed by atoms with Crippen LogP contribution < -0.4 is 20.1 Å². The molecule has 0 radical (unpaired) electrons. The number of hydrogen-bond donors (Lipinski definition) is 2. The van der Waals surface area contributed by atoms with E-state index in [0.29, 0.717) is 36.3 Å². The van der Waals surface area contributed by atoms with E-state index in [4.69, 9.17) is 13.9 Å². The van der Waals surface area contributed by atoms with Gasteiger partial charge in [0.15, 0.2) is 23.2 Å². The third-order valence-corrected chi connectivity index (χ3v) is 4.53. The van der Waals surface area contributed by atoms with Gasteiger partial charge < -0.3 is 24.5 Å². The van der Waals surface area contributed by atoms with Gasteiger partial charge >= 0.3 is 6.61 Å². The number of guanidine groups is 1. The van der Waals surface area contributed by atoms with Crippen molar-refractivity contribution in [2.24, 2.45) is 4.99 Å². The van der Waals surface area contributed by atoms with Crippen LogP contribution in [0.5, 0.6) is 11.5 Å². The molecule has 2 aromatic carbocycles. The number of ether oxygens (including phenoxy) is 2. The molecule has 0 aliphatic heterocycles. The molecule has 0 aliphatic rings. The lowest BCUT2D eigenvalue weighted by Gasteiger charge is -2.17. The molecule has 0 fully saturated rings. The average molecular weight is 444 g/mol. The first kappa shape index (κ1) is 23.1. The number of aryl methyl sites for hydroxylation is 1. The van der Waals surface area contributed by atoms with Crippen LogP contribution in [0.1, 0.15) is 23.9 Å². The molecule has 7 nitrogen and oxygen atoms in total. The first-order chi connectivity index (χ1) is 15.5. The number of hydrogen-bond acceptors (Lipinski definition) is 5. The van der Waals surface area contributed by atoms with Crippen LogP contribution in [0.15, 0.2) is 58.1 Å². The lowest BCUT2D eigenvalue weighted by molar-refractivity contribution is -0.0520. The number of aliphatic imine (C=N–C) groups is 1. The van der Waals surface area contributed by atoms with E-state index >= 15 is 0 Å². The van der Waals surface area contributed by atoms with Crippen LogP contribution in [0.4, 0.5) is 8.78 Å². The second kappa shape index (κ2) is 11.1. The predicted molar refractivity (Wildman–Crippen MR) is 118 cm³/mol. The van der Waals surface area contributed by atoms with Crippen LogP contribution in [-0.4, -0.2) is 31.2 Å². The average Bonchev–Trinajstić information content (AvgIpc) is 3.25. The maximum absolute atomic E-state index is 12.9. The highest BCUT2D eigenvalue weighted by molar-refractivity contribution is 5.79. The summed E-state index contributed by atoms with van der Waals surface area (Å²) in [6.45, 7) is 1.66. The number of aromatic nitrogens is 1. The number of halogens is 2. The molecule has 0 saturated carbocycles. The first-order valence-corrected chi connectivity index (χ1v) is 10.2. The molecular formula is C23H26F2N4O3. The zero-order chi connectivity index (χ0) is 22.9. The van der Waals surface area contributed by atoms with Crippen molar-refractivity contribution in [2.45, 2.75) is 33.5 Å². The maximum Gasteiger partial charge on any atom is 0.387 e. The van der Waals surface area contributed by atoms with E-state index in [1.54, 1.807) is 38.4 Å². The van der Waals surface area contributed by atoms with Crippen molar-refractivity contribution in [2.75, 3.05) is 13.7 Å². The van der Waals surface area contributed by atoms with Gasteiger partial charge in [0.2, 0.25) is 5.89 Å². The van der Waals surface area contributed by atoms with E-state index in [1.807, 2.05) is 31.2 Å². The lowest BCUT2D eigenvalue weighted by atomic mass is 10.1. The summed E-state index contributed by atoms with van der Waals surface area (Å²) in [7, 11) is 1.61. The molecule has 32 heavy (non-hydrogen) atoms. The minimum absolute atomic E-state index is 0.00254. The molecule has 1 heterocycles. The highest BCUT2D eigenvalue weighted by Crippen LogP contribution is 2.32. The van der Waals surface area contributed by atoms with Gasteiger partial charge in [-0.3, -0.25) is 4.99 Å². The van der Waals surface area contributed by atoms with Crippen LogP contribution in [0.25, 0.3) is 11.3 Å². The summed E-state index contributed by atoms with van der Waals surface area (Å²) in [6, 6.07) is 13.0. The molecule has 0 atom stereocenters. The Hall–Kier alpha value is -3.62. The second-order valence-corrected chi connectivity index (χ2v) is 6.82. The van der Waals surface area contributed by atoms with Gasteiger partial charge in [0, 0.05) is 24.7 Å². The zero-order valence-corrected chi connectivity index (χ0v) is 18.2. The molecule has 3 rings (SSSR count). The Morgan fingerprint density at radius 1 is 1.12 bits per heavy atom. The molecule has 9 heteroatoms. The molecule has 0 bridgehead atoms. The summed E-state index contributed by atoms with van der Waals surface area (Å²) in [5.74, 6) is 1.88. The van der Waals surface area contributed by atoms with Gasteiger partial charge in [-0.25, -0.2) is 4.98 Å². The van der Waals surface area contributed by atoms with Gasteiger partial charge in [-0.05, 0) is 19.9 Å². The van der Waals surface area contributed by atoms with E-state index in [2.05, 4.69) is 20.6 Å². The highest BCUT2D eigenvalue weighted by atomic mass is 19.3. The van der Waals surface area contributed by atoms with E-state index < -0.39 is 6.61 Å². The quantitative estimate of drug-likeness (QED) is 0.373. The molecule has 1 aromatic heterocycles. The van der Waals surface area contributed by atoms with Crippen molar-refractivity contribution in [1.29, 1.82) is 0 Å². The summed E-state index contributed by atoms with van der Waals surface area (Å²) in [5, 5.41) is 6.16. The third-order valence-electron chi connectivity index (χ3n) is 4.53. The lowest BCUT2D eigenvalue weighted by Crippen LogP contribution is -2.36. The molecular weight excluding hydrogens is 418 g/mol. The monoisotopic (exact) mass is 444 g/mol. The molecule has 170 valence electrons. The fraction of sp³-hybridized carbons (Fsp3) is 0.304. The molecule has 2 N–H and O–H groups in total. The van der Waals surface area contributed by atoms with Gasteiger partial charge in [0.05, 0.1) is 19.3 Å². The number of nitrogens with zero attached hydrogens (tertiary/aromatic N) is 2. The van der Waals surface area contributed by atoms with Crippen LogP contribution in [0.2, 0.25) is 0 Å². The van der Waals surface area contributed by atoms with Gasteiger partial charge in [-0.1, -0.05) is 42.0 Å². The van der Waals surface area contributed by atoms with Gasteiger partial charge in [-0.2, -0.15) is 8.78 Å². The van der Waals surface area contributed by atoms with Crippen LogP contribution in [-0.2, 0) is 13.1 Å². The first-order valence-electron chi connectivity index (χ1n) is 10.2. The number of rotatable bonds is 9. The topological polar surface area (TPSA) is 80.9 Å². The smallest absolute Gasteiger partial charge is 0.387 e. The summed E-state index contributed by atoms with van der Waals surface area (Å²) in [4.78, 5) is 8.43. The minimum atomic E-state index is -2.96. The Morgan fingerprint density at radius 3 is 2.56 bits per heavy atom. The normalized spacial score (nSPS) is 11.5. The Morgan fingerprint density at radius 2 is 1.88 bits per heavy atom. The number of para-hydroxylation sites is 1. The summed E-state index contributed by atoms with van der Waals surface area (Å²) in [6.07, 6.45) is 1.67. The van der Waals surface area contributed by atoms with Crippen molar-refractivity contribution >= 4 is 5.96 Å². The van der Waals surface area contributed by atoms with Gasteiger partial charge in [-0.15, -0.1) is 0 Å². The second-order valence-electron chi connectivity index (χ2n) is 6.82. The summed E-state index contributed by atoms with van der Waals surface area (Å²) in [5.41, 5.74) is 2.62. The minimum Gasteiger partial charge on any atom is -0.490 e. The van der Waals surface area contributed by atoms with Gasteiger partial charge in [0.25, 0.3) is 0 Å². The molecule has 0 amide bonds. The van der Waals surface area contributed by atoms with E-state index in [0.717, 1.165) is 5.56 Å². The number of nitrogens with one attached hydrogen (secondary N) is 2. The van der Waals surface area contributed by atoms with Crippen LogP contribution in [0.3, 0.4) is 0 Å². The van der Waals surface area contributed by atoms with Crippen molar-refractivity contribution < 1.29 is 22.7 Å². The Bertz CT molecular complexity index is 1040. The number of oxazole rings is 1. The molecule has 0 spiro atoms. The number of benzene rings is 2. The molecule has 0 unspecified atom stereocenters. The Balaban J connectivity index is 1.61. The van der Waals surface area contributed by atoms with Gasteiger partial charge in [0.1, 0.15) is 0 Å². The predicted octanol–water partition coefficient (Wildman–Crippen LogP) is 4.52. The molecule has 3 aromatic rings. The van der Waals surface area contributed by atoms with Crippen molar-refractivity contribution in [3.05, 3.63) is 65.7 Å². The maximum atomic E-state index is 12.9. The summed E-state index contributed by atoms with van der Waals surface area (Å²) < 4.78 is 41.7. The van der Waals surface area contributed by atoms with Crippen molar-refractivity contribution in [3.63, 3.8) is 0 Å².